The van der Waals surface area contributed by atoms with Gasteiger partial charge < -0.3 is 40.9 Å². The Morgan fingerprint density at radius 2 is 0.500 bits per heavy atom. The number of hydrogen-bond donors (Lipinski definition) is 8. The van der Waals surface area contributed by atoms with Crippen LogP contribution in [-0.2, 0) is 0 Å². The minimum absolute atomic E-state index is 0.0742. The average Bonchev–Trinajstić information content (AvgIpc) is 3.31. The molecule has 0 aliphatic heterocycles. The highest BCUT2D eigenvalue weighted by atomic mass is 16.3. The van der Waals surface area contributed by atoms with Gasteiger partial charge >= 0.3 is 0 Å². The number of benzene rings is 4. The SMILES string of the molecule is CCCCCCCCC1c2cc(O)c(O)c(c2)C(CCCCCCCC)c2cc(c(O)cc2O)C(CCCCCCCC)c2cc(c(O)cc2O)C(CCCCCCCC)c2cc1c(O)cc2O. The van der Waals surface area contributed by atoms with Gasteiger partial charge in [0.05, 0.1) is 0 Å². The van der Waals surface area contributed by atoms with Crippen molar-refractivity contribution in [2.24, 2.45) is 0 Å². The lowest BCUT2D eigenvalue weighted by Gasteiger charge is -2.29. The van der Waals surface area contributed by atoms with E-state index in [2.05, 4.69) is 27.7 Å². The summed E-state index contributed by atoms with van der Waals surface area (Å²) in [7, 11) is 0. The smallest absolute Gasteiger partial charge is 0.161 e. The minimum atomic E-state index is -0.585. The van der Waals surface area contributed by atoms with Crippen LogP contribution in [0.1, 0.15) is 276 Å². The zero-order valence-electron chi connectivity index (χ0n) is 42.3. The normalized spacial score (nSPS) is 16.9. The van der Waals surface area contributed by atoms with Crippen LogP contribution in [0.5, 0.6) is 46.0 Å². The molecule has 0 aromatic heterocycles. The number of aromatic hydroxyl groups is 8. The lowest BCUT2D eigenvalue weighted by molar-refractivity contribution is 0.392. The Kier molecular flexibility index (Phi) is 22.4. The third-order valence-corrected chi connectivity index (χ3v) is 15.1. The van der Waals surface area contributed by atoms with E-state index in [0.717, 1.165) is 154 Å². The van der Waals surface area contributed by atoms with Crippen LogP contribution in [0.4, 0.5) is 0 Å². The molecule has 8 bridgehead atoms. The summed E-state index contributed by atoms with van der Waals surface area (Å²) >= 11 is 0. The summed E-state index contributed by atoms with van der Waals surface area (Å²) in [5.41, 5.74) is 4.44. The maximum absolute atomic E-state index is 12.0. The van der Waals surface area contributed by atoms with Crippen LogP contribution in [0.25, 0.3) is 0 Å². The van der Waals surface area contributed by atoms with Crippen LogP contribution in [0, 0.1) is 0 Å². The zero-order valence-corrected chi connectivity index (χ0v) is 42.3. The van der Waals surface area contributed by atoms with E-state index in [1.54, 1.807) is 6.07 Å². The highest BCUT2D eigenvalue weighted by Gasteiger charge is 2.33. The molecule has 5 rings (SSSR count). The molecular formula is C60H88O8. The monoisotopic (exact) mass is 937 g/mol. The van der Waals surface area contributed by atoms with E-state index in [1.807, 2.05) is 24.3 Å². The third kappa shape index (κ3) is 14.7. The van der Waals surface area contributed by atoms with Gasteiger partial charge in [-0.15, -0.1) is 0 Å². The number of unbranched alkanes of at least 4 members (excludes halogenated alkanes) is 20. The van der Waals surface area contributed by atoms with Gasteiger partial charge in [0.15, 0.2) is 11.5 Å². The first-order valence-corrected chi connectivity index (χ1v) is 27.2. The van der Waals surface area contributed by atoms with Gasteiger partial charge in [0, 0.05) is 80.8 Å². The molecule has 1 aliphatic rings. The number of hydrogen-bond acceptors (Lipinski definition) is 8. The molecule has 68 heavy (non-hydrogen) atoms. The van der Waals surface area contributed by atoms with E-state index in [4.69, 9.17) is 0 Å². The van der Waals surface area contributed by atoms with Gasteiger partial charge in [0.1, 0.15) is 34.5 Å². The molecule has 0 amide bonds. The molecule has 8 N–H and O–H groups in total. The first-order chi connectivity index (χ1) is 32.9. The topological polar surface area (TPSA) is 162 Å². The molecule has 4 aromatic carbocycles. The lowest BCUT2D eigenvalue weighted by Crippen LogP contribution is -2.11. The van der Waals surface area contributed by atoms with Gasteiger partial charge in [-0.05, 0) is 55.5 Å². The van der Waals surface area contributed by atoms with Crippen LogP contribution < -0.4 is 0 Å². The van der Waals surface area contributed by atoms with E-state index in [9.17, 15) is 40.9 Å². The molecule has 0 saturated carbocycles. The summed E-state index contributed by atoms with van der Waals surface area (Å²) in [6, 6.07) is 13.3. The van der Waals surface area contributed by atoms with Crippen LogP contribution >= 0.6 is 0 Å². The molecule has 1 aliphatic carbocycles. The number of rotatable bonds is 28. The van der Waals surface area contributed by atoms with Crippen molar-refractivity contribution in [3.05, 3.63) is 93.0 Å². The van der Waals surface area contributed by atoms with Gasteiger partial charge in [-0.2, -0.15) is 0 Å². The maximum Gasteiger partial charge on any atom is 0.161 e. The van der Waals surface area contributed by atoms with E-state index in [1.165, 1.54) is 18.2 Å². The molecule has 0 fully saturated rings. The Labute approximate surface area is 409 Å². The molecule has 8 heteroatoms. The van der Waals surface area contributed by atoms with Crippen molar-refractivity contribution in [2.45, 2.75) is 231 Å². The second-order valence-corrected chi connectivity index (χ2v) is 20.3. The van der Waals surface area contributed by atoms with Gasteiger partial charge in [-0.1, -0.05) is 188 Å². The fourth-order valence-corrected chi connectivity index (χ4v) is 11.1. The summed E-state index contributed by atoms with van der Waals surface area (Å²) < 4.78 is 0. The van der Waals surface area contributed by atoms with Gasteiger partial charge in [0.25, 0.3) is 0 Å². The van der Waals surface area contributed by atoms with Crippen molar-refractivity contribution >= 4 is 0 Å². The Hall–Kier alpha value is -4.72. The van der Waals surface area contributed by atoms with Crippen LogP contribution in [-0.4, -0.2) is 40.9 Å². The highest BCUT2D eigenvalue weighted by molar-refractivity contribution is 5.62. The fraction of sp³-hybridized carbons (Fsp3) is 0.600. The number of phenolic OH excluding ortho intramolecular Hbond substituents is 8. The Bertz CT molecular complexity index is 2140. The largest absolute Gasteiger partial charge is 0.508 e. The molecule has 0 saturated heterocycles. The fourth-order valence-electron chi connectivity index (χ4n) is 11.1. The van der Waals surface area contributed by atoms with Crippen molar-refractivity contribution in [1.29, 1.82) is 0 Å². The average molecular weight is 937 g/mol. The molecule has 4 aromatic rings. The molecule has 4 unspecified atom stereocenters. The van der Waals surface area contributed by atoms with Crippen molar-refractivity contribution < 1.29 is 40.9 Å². The summed E-state index contributed by atoms with van der Waals surface area (Å²) in [6.07, 6.45) is 27.4. The third-order valence-electron chi connectivity index (χ3n) is 15.1. The molecule has 0 heterocycles. The standard InChI is InChI=1S/C60H88O8/c1-5-9-13-17-21-25-29-42-41-33-52(60(68)59(67)34-41)45(32-28-24-20-16-12-8-4)51-37-50(57(65)40-58(51)66)44(31-27-23-19-15-11-7-3)49-36-48(55(63)39-56(49)64)43(30-26-22-18-14-10-6-2)47-35-46(42)53(61)38-54(47)62/h33-40,42-45,61-68H,5-32H2,1-4H3. The van der Waals surface area contributed by atoms with Crippen molar-refractivity contribution in [1.82, 2.24) is 0 Å². The second kappa shape index (κ2) is 28.1. The van der Waals surface area contributed by atoms with Gasteiger partial charge in [-0.25, -0.2) is 0 Å². The quantitative estimate of drug-likeness (QED) is 0.0206. The second-order valence-electron chi connectivity index (χ2n) is 20.3. The summed E-state index contributed by atoms with van der Waals surface area (Å²) in [5.74, 6) is -3.25. The predicted octanol–water partition coefficient (Wildman–Crippen LogP) is 17.2. The minimum Gasteiger partial charge on any atom is -0.508 e. The summed E-state index contributed by atoms with van der Waals surface area (Å²) in [5, 5.41) is 95.3. The molecule has 0 spiro atoms. The maximum atomic E-state index is 12.0. The number of phenols is 8. The summed E-state index contributed by atoms with van der Waals surface area (Å²) in [4.78, 5) is 0. The van der Waals surface area contributed by atoms with Crippen LogP contribution in [0.3, 0.4) is 0 Å². The molecule has 376 valence electrons. The van der Waals surface area contributed by atoms with Gasteiger partial charge in [-0.3, -0.25) is 0 Å². The Balaban J connectivity index is 1.81. The van der Waals surface area contributed by atoms with E-state index >= 15 is 0 Å². The number of fused-ring (bicyclic) bond motifs is 8. The Morgan fingerprint density at radius 3 is 0.809 bits per heavy atom. The molecule has 0 radical (unpaired) electrons. The zero-order chi connectivity index (χ0) is 49.0. The first kappa shape index (κ1) is 54.2. The van der Waals surface area contributed by atoms with E-state index in [0.29, 0.717) is 70.2 Å². The lowest BCUT2D eigenvalue weighted by atomic mass is 9.76. The first-order valence-electron chi connectivity index (χ1n) is 27.2. The van der Waals surface area contributed by atoms with Gasteiger partial charge in [0.2, 0.25) is 0 Å². The van der Waals surface area contributed by atoms with Crippen LogP contribution in [0.2, 0.25) is 0 Å². The van der Waals surface area contributed by atoms with Crippen LogP contribution in [0.15, 0.2) is 48.5 Å². The highest BCUT2D eigenvalue weighted by Crippen LogP contribution is 2.52. The Morgan fingerprint density at radius 1 is 0.250 bits per heavy atom. The molecule has 4 atom stereocenters. The van der Waals surface area contributed by atoms with E-state index < -0.39 is 23.7 Å². The summed E-state index contributed by atoms with van der Waals surface area (Å²) in [6.45, 7) is 8.78. The molecule has 8 nitrogen and oxygen atoms in total. The molecular weight excluding hydrogens is 849 g/mol. The van der Waals surface area contributed by atoms with E-state index in [-0.39, 0.29) is 46.0 Å². The van der Waals surface area contributed by atoms with Crippen molar-refractivity contribution in [3.8, 4) is 46.0 Å². The van der Waals surface area contributed by atoms with Crippen molar-refractivity contribution in [3.63, 3.8) is 0 Å². The predicted molar refractivity (Wildman–Crippen MR) is 278 cm³/mol. The van der Waals surface area contributed by atoms with Crippen molar-refractivity contribution in [2.75, 3.05) is 0 Å².